The van der Waals surface area contributed by atoms with Crippen molar-refractivity contribution in [2.75, 3.05) is 34.3 Å². The standard InChI is InChI=1S/C26H32N2O4/c1-17(2)18-10-12-19(13-11-18)23-22(24(29)20-8-6-9-21(16-20)32-5)25(30)26(31)28(23)15-7-14-27(3)4/h6,8-13,16-17,23,29H,7,14-15H2,1-5H3/b24-22+/t23-/m0/s1. The number of likely N-dealkylation sites (tertiary alicyclic amines) is 1. The van der Waals surface area contributed by atoms with Crippen LogP contribution < -0.4 is 4.74 Å². The third kappa shape index (κ3) is 4.86. The number of hydrogen-bond donors (Lipinski definition) is 1. The molecule has 1 saturated heterocycles. The Morgan fingerprint density at radius 1 is 1.12 bits per heavy atom. The van der Waals surface area contributed by atoms with Gasteiger partial charge in [-0.15, -0.1) is 0 Å². The van der Waals surface area contributed by atoms with Crippen molar-refractivity contribution < 1.29 is 19.4 Å². The van der Waals surface area contributed by atoms with Crippen LogP contribution in [0.2, 0.25) is 0 Å². The fourth-order valence-electron chi connectivity index (χ4n) is 4.00. The third-order valence-electron chi connectivity index (χ3n) is 5.81. The van der Waals surface area contributed by atoms with Crippen LogP contribution in [0.3, 0.4) is 0 Å². The second-order valence-electron chi connectivity index (χ2n) is 8.70. The summed E-state index contributed by atoms with van der Waals surface area (Å²) in [5.41, 5.74) is 2.54. The Balaban J connectivity index is 2.09. The molecule has 0 radical (unpaired) electrons. The highest BCUT2D eigenvalue weighted by molar-refractivity contribution is 6.46. The predicted molar refractivity (Wildman–Crippen MR) is 126 cm³/mol. The molecule has 1 amide bonds. The van der Waals surface area contributed by atoms with E-state index in [1.54, 1.807) is 36.3 Å². The molecule has 3 rings (SSSR count). The van der Waals surface area contributed by atoms with Crippen molar-refractivity contribution in [1.29, 1.82) is 0 Å². The number of methoxy groups -OCH3 is 1. The number of amides is 1. The van der Waals surface area contributed by atoms with Crippen molar-refractivity contribution in [1.82, 2.24) is 9.80 Å². The molecule has 0 spiro atoms. The molecule has 170 valence electrons. The van der Waals surface area contributed by atoms with Gasteiger partial charge in [0, 0.05) is 12.1 Å². The number of aliphatic hydroxyl groups excluding tert-OH is 1. The second kappa shape index (κ2) is 10.0. The van der Waals surface area contributed by atoms with Crippen LogP contribution >= 0.6 is 0 Å². The SMILES string of the molecule is COc1cccc(/C(O)=C2\C(=O)C(=O)N(CCCN(C)C)[C@H]2c2ccc(C(C)C)cc2)c1. The highest BCUT2D eigenvalue weighted by atomic mass is 16.5. The van der Waals surface area contributed by atoms with E-state index in [2.05, 4.69) is 13.8 Å². The summed E-state index contributed by atoms with van der Waals surface area (Å²) in [6.45, 7) is 5.45. The molecule has 6 heteroatoms. The van der Waals surface area contributed by atoms with E-state index in [1.807, 2.05) is 43.3 Å². The Kier molecular flexibility index (Phi) is 7.36. The van der Waals surface area contributed by atoms with Crippen molar-refractivity contribution >= 4 is 17.4 Å². The lowest BCUT2D eigenvalue weighted by Crippen LogP contribution is -2.32. The van der Waals surface area contributed by atoms with E-state index in [4.69, 9.17) is 4.74 Å². The van der Waals surface area contributed by atoms with Crippen molar-refractivity contribution in [2.24, 2.45) is 0 Å². The zero-order chi connectivity index (χ0) is 23.4. The number of hydrogen-bond acceptors (Lipinski definition) is 5. The topological polar surface area (TPSA) is 70.1 Å². The van der Waals surface area contributed by atoms with Gasteiger partial charge in [-0.05, 0) is 56.2 Å². The van der Waals surface area contributed by atoms with Gasteiger partial charge in [0.05, 0.1) is 18.7 Å². The normalized spacial score (nSPS) is 18.1. The molecule has 6 nitrogen and oxygen atoms in total. The molecule has 1 N–H and O–H groups in total. The molecule has 2 aromatic rings. The van der Waals surface area contributed by atoms with E-state index in [0.717, 1.165) is 18.5 Å². The van der Waals surface area contributed by atoms with Crippen LogP contribution in [0.25, 0.3) is 5.76 Å². The van der Waals surface area contributed by atoms with E-state index < -0.39 is 17.7 Å². The van der Waals surface area contributed by atoms with Gasteiger partial charge >= 0.3 is 0 Å². The first kappa shape index (κ1) is 23.5. The van der Waals surface area contributed by atoms with E-state index in [9.17, 15) is 14.7 Å². The van der Waals surface area contributed by atoms with Crippen LogP contribution in [0, 0.1) is 0 Å². The Bertz CT molecular complexity index is 1010. The quantitative estimate of drug-likeness (QED) is 0.382. The Morgan fingerprint density at radius 2 is 1.81 bits per heavy atom. The lowest BCUT2D eigenvalue weighted by molar-refractivity contribution is -0.139. The summed E-state index contributed by atoms with van der Waals surface area (Å²) in [6.07, 6.45) is 0.722. The maximum absolute atomic E-state index is 13.1. The number of ether oxygens (including phenoxy) is 1. The fraction of sp³-hybridized carbons (Fsp3) is 0.385. The number of Topliss-reactive ketones (excluding diaryl/α,β-unsaturated/α-hetero) is 1. The highest BCUT2D eigenvalue weighted by Gasteiger charge is 2.45. The summed E-state index contributed by atoms with van der Waals surface area (Å²) in [5, 5.41) is 11.2. The minimum Gasteiger partial charge on any atom is -0.507 e. The maximum Gasteiger partial charge on any atom is 0.295 e. The van der Waals surface area contributed by atoms with Crippen molar-refractivity contribution in [3.63, 3.8) is 0 Å². The van der Waals surface area contributed by atoms with Crippen molar-refractivity contribution in [3.8, 4) is 5.75 Å². The van der Waals surface area contributed by atoms with Gasteiger partial charge in [0.15, 0.2) is 0 Å². The Hall–Kier alpha value is -3.12. The smallest absolute Gasteiger partial charge is 0.295 e. The van der Waals surface area contributed by atoms with Crippen LogP contribution in [0.1, 0.15) is 48.9 Å². The number of nitrogens with zero attached hydrogens (tertiary/aromatic N) is 2. The molecule has 0 bridgehead atoms. The van der Waals surface area contributed by atoms with Crippen LogP contribution in [0.4, 0.5) is 0 Å². The van der Waals surface area contributed by atoms with Gasteiger partial charge in [-0.1, -0.05) is 50.2 Å². The van der Waals surface area contributed by atoms with Crippen molar-refractivity contribution in [3.05, 3.63) is 70.8 Å². The molecule has 1 aliphatic rings. The minimum absolute atomic E-state index is 0.116. The van der Waals surface area contributed by atoms with E-state index in [1.165, 1.54) is 5.56 Å². The molecule has 0 aliphatic carbocycles. The van der Waals surface area contributed by atoms with Gasteiger partial charge in [0.25, 0.3) is 11.7 Å². The number of carbonyl (C=O) groups is 2. The Labute approximate surface area is 190 Å². The summed E-state index contributed by atoms with van der Waals surface area (Å²) in [6, 6.07) is 14.2. The molecule has 32 heavy (non-hydrogen) atoms. The second-order valence-corrected chi connectivity index (χ2v) is 8.70. The van der Waals surface area contributed by atoms with Gasteiger partial charge in [0.1, 0.15) is 11.5 Å². The first-order valence-electron chi connectivity index (χ1n) is 10.9. The third-order valence-corrected chi connectivity index (χ3v) is 5.81. The summed E-state index contributed by atoms with van der Waals surface area (Å²) < 4.78 is 5.26. The Morgan fingerprint density at radius 3 is 2.41 bits per heavy atom. The zero-order valence-corrected chi connectivity index (χ0v) is 19.5. The average molecular weight is 437 g/mol. The van der Waals surface area contributed by atoms with Gasteiger partial charge in [-0.2, -0.15) is 0 Å². The number of rotatable bonds is 8. The van der Waals surface area contributed by atoms with E-state index in [-0.39, 0.29) is 11.3 Å². The molecule has 1 aliphatic heterocycles. The molecule has 1 fully saturated rings. The minimum atomic E-state index is -0.659. The highest BCUT2D eigenvalue weighted by Crippen LogP contribution is 2.40. The molecule has 0 aromatic heterocycles. The van der Waals surface area contributed by atoms with Gasteiger partial charge in [-0.3, -0.25) is 9.59 Å². The zero-order valence-electron chi connectivity index (χ0n) is 19.5. The van der Waals surface area contributed by atoms with Gasteiger partial charge < -0.3 is 19.6 Å². The number of carbonyl (C=O) groups excluding carboxylic acids is 2. The summed E-state index contributed by atoms with van der Waals surface area (Å²) in [7, 11) is 5.48. The monoisotopic (exact) mass is 436 g/mol. The molecular formula is C26H32N2O4. The lowest BCUT2D eigenvalue weighted by atomic mass is 9.93. The summed E-state index contributed by atoms with van der Waals surface area (Å²) in [4.78, 5) is 29.7. The number of aliphatic hydroxyl groups is 1. The first-order chi connectivity index (χ1) is 15.2. The van der Waals surface area contributed by atoms with Crippen LogP contribution in [-0.2, 0) is 9.59 Å². The number of ketones is 1. The molecular weight excluding hydrogens is 404 g/mol. The largest absolute Gasteiger partial charge is 0.507 e. The maximum atomic E-state index is 13.1. The first-order valence-corrected chi connectivity index (χ1v) is 10.9. The molecule has 1 heterocycles. The predicted octanol–water partition coefficient (Wildman–Crippen LogP) is 4.19. The molecule has 1 atom stereocenters. The lowest BCUT2D eigenvalue weighted by Gasteiger charge is -2.26. The molecule has 0 saturated carbocycles. The number of benzene rings is 2. The van der Waals surface area contributed by atoms with Gasteiger partial charge in [-0.25, -0.2) is 0 Å². The van der Waals surface area contributed by atoms with E-state index >= 15 is 0 Å². The average Bonchev–Trinajstić information content (AvgIpc) is 3.03. The summed E-state index contributed by atoms with van der Waals surface area (Å²) >= 11 is 0. The van der Waals surface area contributed by atoms with Crippen LogP contribution in [-0.4, -0.2) is 60.9 Å². The van der Waals surface area contributed by atoms with Gasteiger partial charge in [0.2, 0.25) is 0 Å². The molecule has 2 aromatic carbocycles. The van der Waals surface area contributed by atoms with Crippen LogP contribution in [0.5, 0.6) is 5.75 Å². The van der Waals surface area contributed by atoms with E-state index in [0.29, 0.717) is 23.8 Å². The summed E-state index contributed by atoms with van der Waals surface area (Å²) in [5.74, 6) is -0.492. The molecule has 0 unspecified atom stereocenters. The fourth-order valence-corrected chi connectivity index (χ4v) is 4.00. The van der Waals surface area contributed by atoms with Crippen LogP contribution in [0.15, 0.2) is 54.1 Å². The van der Waals surface area contributed by atoms with Crippen molar-refractivity contribution in [2.45, 2.75) is 32.2 Å².